The summed E-state index contributed by atoms with van der Waals surface area (Å²) in [6.45, 7) is 7.63. The molecule has 32 heteroatoms. The Morgan fingerprint density at radius 2 is 1.01 bits per heavy atom. The van der Waals surface area contributed by atoms with Crippen molar-refractivity contribution in [1.29, 1.82) is 0 Å². The van der Waals surface area contributed by atoms with Crippen LogP contribution >= 0.6 is 0 Å². The van der Waals surface area contributed by atoms with Gasteiger partial charge in [-0.3, -0.25) is 0 Å². The summed E-state index contributed by atoms with van der Waals surface area (Å²) in [5.74, 6) is -5.43. The van der Waals surface area contributed by atoms with Crippen molar-refractivity contribution < 1.29 is 159 Å². The van der Waals surface area contributed by atoms with Gasteiger partial charge >= 0.3 is 0 Å². The fraction of sp³-hybridized carbons (Fsp3) is 0.968. The van der Waals surface area contributed by atoms with Crippen LogP contribution in [-0.4, -0.2) is 331 Å². The molecular weight excluding hydrogens is 1270 g/mol. The zero-order valence-electron chi connectivity index (χ0n) is 54.2. The van der Waals surface area contributed by atoms with Crippen molar-refractivity contribution >= 4 is 0 Å². The van der Waals surface area contributed by atoms with Crippen LogP contribution in [0.15, 0.2) is 11.6 Å². The topological polar surface area (TPSA) is 515 Å². The number of hydrogen-bond acceptors (Lipinski definition) is 32. The van der Waals surface area contributed by atoms with Gasteiger partial charge in [0.2, 0.25) is 5.79 Å². The number of aliphatic hydroxyl groups excluding tert-OH is 19. The van der Waals surface area contributed by atoms with E-state index < -0.39 is 227 Å². The number of allylic oxidation sites excluding steroid dienone is 2. The second-order valence-electron chi connectivity index (χ2n) is 29.7. The second kappa shape index (κ2) is 28.9. The summed E-state index contributed by atoms with van der Waals surface area (Å²) in [5, 5.41) is 221. The molecule has 0 radical (unpaired) electrons. The molecule has 0 amide bonds. The molecule has 95 heavy (non-hydrogen) atoms. The van der Waals surface area contributed by atoms with E-state index in [0.29, 0.717) is 25.7 Å². The van der Waals surface area contributed by atoms with E-state index in [9.17, 15) is 102 Å². The van der Waals surface area contributed by atoms with Crippen LogP contribution < -0.4 is 0 Å². The van der Waals surface area contributed by atoms with E-state index in [2.05, 4.69) is 19.9 Å². The molecule has 41 atom stereocenters. The zero-order valence-corrected chi connectivity index (χ0v) is 54.2. The summed E-state index contributed by atoms with van der Waals surface area (Å²) in [4.78, 5) is 0. The molecule has 7 aliphatic heterocycles. The van der Waals surface area contributed by atoms with E-state index in [-0.39, 0.29) is 72.9 Å². The minimum Gasteiger partial charge on any atom is -0.394 e. The molecule has 0 spiro atoms. The van der Waals surface area contributed by atoms with Crippen molar-refractivity contribution in [3.63, 3.8) is 0 Å². The number of fused-ring (bicyclic) bond motifs is 7. The predicted octanol–water partition coefficient (Wildman–Crippen LogP) is -6.74. The molecule has 4 aliphatic carbocycles. The average Bonchev–Trinajstić information content (AvgIpc) is 1.64. The molecule has 10 fully saturated rings. The maximum atomic E-state index is 12.4. The number of rotatable bonds is 19. The molecule has 548 valence electrons. The highest BCUT2D eigenvalue weighted by Gasteiger charge is 2.71. The number of aliphatic hydroxyl groups is 20. The normalized spacial score (nSPS) is 56.0. The molecule has 7 saturated heterocycles. The first-order valence-electron chi connectivity index (χ1n) is 33.8. The molecule has 11 rings (SSSR count). The Hall–Kier alpha value is -1.54. The van der Waals surface area contributed by atoms with Crippen molar-refractivity contribution in [3.05, 3.63) is 11.6 Å². The molecule has 0 aromatic heterocycles. The summed E-state index contributed by atoms with van der Waals surface area (Å²) in [5.41, 5.74) is 0.0679. The van der Waals surface area contributed by atoms with Crippen molar-refractivity contribution in [2.75, 3.05) is 33.0 Å². The Balaban J connectivity index is 0.927. The summed E-state index contributed by atoms with van der Waals surface area (Å²) in [6, 6.07) is 0. The van der Waals surface area contributed by atoms with Gasteiger partial charge in [-0.1, -0.05) is 39.3 Å². The lowest BCUT2D eigenvalue weighted by atomic mass is 9.46. The second-order valence-corrected chi connectivity index (χ2v) is 29.7. The van der Waals surface area contributed by atoms with Crippen LogP contribution in [0.2, 0.25) is 0 Å². The SMILES string of the molecule is CC(CC[C@@]1(O)O[C@H]2CC3C4CC=C5CC([C@]6(O[C@@H]7O[C@H](CO)[C@@H](O)[C@H](O)[C@H]7O)O[C@H](CO)[C@@H](O[C@@H]7O[C@@H](C)[C@H](O)[C@@H](O)[C@H]7O)[C@H](O[C@@H]7O[C@@H](C)[C@H](O)[C@@H](O)[C@H]7O)[C@H]6O[C@H]6O[C@H](CO)[C@@H](O)[C@H](O)[C@H]6O)CC[C@]5(C)C4CC[C@]3(C)[C@H]2[C@@H]1C)CO[C@@H]1O[C@H](CO)[C@@H](O)[C@H](O)[C@H]1O. The lowest BCUT2D eigenvalue weighted by Gasteiger charge is -2.62. The average molecular weight is 1370 g/mol. The standard InChI is InChI=1S/C63H104O32/c1-22(21-84-55-47(78)44(75)39(70)32(17-64)87-55)9-14-62(83)23(2)36-31(93-62)16-30-28-8-7-26-15-27(10-12-60(26,5)29(28)11-13-61(30,36)6)63(95-59-51(82)46(77)41(72)34(19-66)89-59)54(92-58-50(81)45(76)40(71)33(18-65)88-58)53(91-57-49(80)43(74)38(69)25(4)86-57)52(35(20-67)94-63)90-56-48(79)42(73)37(68)24(3)85-56/h7,22-25,27-59,64-83H,8-21H2,1-6H3/t22?,23-,24-,25-,27?,28?,29?,30?,31-,32+,33+,34+,35+,36-,37-,38-,39+,40+,41+,42+,43+,44-,45-,46-,47+,48+,49+,50+,51+,52+,53-,54+,55+,56-,57-,58+,59-,60-,61-,62+,63+/m0/s1. The van der Waals surface area contributed by atoms with Gasteiger partial charge < -0.3 is 159 Å². The highest BCUT2D eigenvalue weighted by molar-refractivity contribution is 5.28. The van der Waals surface area contributed by atoms with E-state index in [0.717, 1.165) is 18.4 Å². The maximum absolute atomic E-state index is 12.4. The van der Waals surface area contributed by atoms with Crippen molar-refractivity contribution in [2.45, 2.75) is 295 Å². The zero-order chi connectivity index (χ0) is 69.0. The van der Waals surface area contributed by atoms with Crippen LogP contribution in [0.3, 0.4) is 0 Å². The van der Waals surface area contributed by atoms with Gasteiger partial charge in [-0.05, 0) is 106 Å². The van der Waals surface area contributed by atoms with Crippen LogP contribution in [0.5, 0.6) is 0 Å². The van der Waals surface area contributed by atoms with Gasteiger partial charge in [0.1, 0.15) is 134 Å². The fourth-order valence-corrected chi connectivity index (χ4v) is 18.3. The first kappa shape index (κ1) is 74.6. The third-order valence-corrected chi connectivity index (χ3v) is 24.1. The van der Waals surface area contributed by atoms with Crippen LogP contribution in [0.4, 0.5) is 0 Å². The number of ether oxygens (including phenoxy) is 12. The van der Waals surface area contributed by atoms with Gasteiger partial charge in [-0.15, -0.1) is 0 Å². The van der Waals surface area contributed by atoms with Gasteiger partial charge in [0.25, 0.3) is 0 Å². The Kier molecular flexibility index (Phi) is 22.7. The molecule has 20 N–H and O–H groups in total. The van der Waals surface area contributed by atoms with Crippen molar-refractivity contribution in [2.24, 2.45) is 52.3 Å². The highest BCUT2D eigenvalue weighted by Crippen LogP contribution is 2.71. The van der Waals surface area contributed by atoms with Gasteiger partial charge in [-0.2, -0.15) is 0 Å². The molecular formula is C63H104O32. The number of hydrogen-bond donors (Lipinski definition) is 20. The lowest BCUT2D eigenvalue weighted by Crippen LogP contribution is -2.75. The Morgan fingerprint density at radius 3 is 1.56 bits per heavy atom. The monoisotopic (exact) mass is 1370 g/mol. The third kappa shape index (κ3) is 13.2. The van der Waals surface area contributed by atoms with E-state index in [1.165, 1.54) is 13.8 Å². The lowest BCUT2D eigenvalue weighted by molar-refractivity contribution is -0.471. The smallest absolute Gasteiger partial charge is 0.204 e. The third-order valence-electron chi connectivity index (χ3n) is 24.1. The van der Waals surface area contributed by atoms with E-state index in [4.69, 9.17) is 56.8 Å². The molecule has 7 heterocycles. The fourth-order valence-electron chi connectivity index (χ4n) is 18.3. The summed E-state index contributed by atoms with van der Waals surface area (Å²) < 4.78 is 76.2. The minimum absolute atomic E-state index is 0.0244. The van der Waals surface area contributed by atoms with Gasteiger partial charge in [0.05, 0.1) is 51.3 Å². The van der Waals surface area contributed by atoms with Crippen molar-refractivity contribution in [3.8, 4) is 0 Å². The predicted molar refractivity (Wildman–Crippen MR) is 314 cm³/mol. The van der Waals surface area contributed by atoms with Crippen LogP contribution in [0, 0.1) is 52.3 Å². The van der Waals surface area contributed by atoms with E-state index >= 15 is 0 Å². The van der Waals surface area contributed by atoms with Crippen LogP contribution in [-0.2, 0) is 56.8 Å². The summed E-state index contributed by atoms with van der Waals surface area (Å²) in [7, 11) is 0. The van der Waals surface area contributed by atoms with E-state index in [1.807, 2.05) is 13.8 Å². The highest BCUT2D eigenvalue weighted by atomic mass is 16.8. The Morgan fingerprint density at radius 1 is 0.526 bits per heavy atom. The molecule has 5 unspecified atom stereocenters. The van der Waals surface area contributed by atoms with Crippen molar-refractivity contribution in [1.82, 2.24) is 0 Å². The van der Waals surface area contributed by atoms with Crippen LogP contribution in [0.25, 0.3) is 0 Å². The first-order valence-corrected chi connectivity index (χ1v) is 33.8. The summed E-state index contributed by atoms with van der Waals surface area (Å²) >= 11 is 0. The molecule has 0 bridgehead atoms. The largest absolute Gasteiger partial charge is 0.394 e. The Labute approximate surface area is 549 Å². The minimum atomic E-state index is -2.66. The quantitative estimate of drug-likeness (QED) is 0.0535. The first-order chi connectivity index (χ1) is 44.8. The summed E-state index contributed by atoms with van der Waals surface area (Å²) in [6.07, 6.45) is -46.9. The molecule has 11 aliphatic rings. The van der Waals surface area contributed by atoms with E-state index in [1.54, 1.807) is 0 Å². The van der Waals surface area contributed by atoms with Gasteiger partial charge in [0.15, 0.2) is 37.2 Å². The molecule has 0 aromatic carbocycles. The van der Waals surface area contributed by atoms with Gasteiger partial charge in [0, 0.05) is 18.3 Å². The molecule has 32 nitrogen and oxygen atoms in total. The molecule has 0 aromatic rings. The van der Waals surface area contributed by atoms with Crippen LogP contribution in [0.1, 0.15) is 99.3 Å². The molecule has 3 saturated carbocycles. The van der Waals surface area contributed by atoms with Gasteiger partial charge in [-0.25, -0.2) is 0 Å². The maximum Gasteiger partial charge on any atom is 0.204 e. The Bertz CT molecular complexity index is 2580.